The van der Waals surface area contributed by atoms with Gasteiger partial charge in [0.2, 0.25) is 5.88 Å². The van der Waals surface area contributed by atoms with Gasteiger partial charge in [0.1, 0.15) is 11.6 Å². The maximum Gasteiger partial charge on any atom is 0.235 e. The fraction of sp³-hybridized carbons (Fsp3) is 0.625. The molecule has 1 aliphatic rings. The number of aromatic nitrogens is 5. The summed E-state index contributed by atoms with van der Waals surface area (Å²) in [5.41, 5.74) is 0.850. The van der Waals surface area contributed by atoms with Crippen molar-refractivity contribution in [2.45, 2.75) is 33.2 Å². The van der Waals surface area contributed by atoms with Crippen LogP contribution in [0.5, 0.6) is 5.88 Å². The Balaban J connectivity index is 1.45. The van der Waals surface area contributed by atoms with E-state index in [-0.39, 0.29) is 0 Å². The molecule has 0 radical (unpaired) electrons. The van der Waals surface area contributed by atoms with Gasteiger partial charge in [0.15, 0.2) is 0 Å². The van der Waals surface area contributed by atoms with Crippen molar-refractivity contribution < 1.29 is 4.74 Å². The summed E-state index contributed by atoms with van der Waals surface area (Å²) in [6, 6.07) is 0. The molecule has 0 N–H and O–H groups in total. The molecule has 2 aromatic heterocycles. The SMILES string of the molecule is Cc1nccnc1OCC1CCN(Cc2nnc(C)n2C)CC1. The fourth-order valence-corrected chi connectivity index (χ4v) is 2.83. The zero-order valence-electron chi connectivity index (χ0n) is 14.1. The zero-order valence-corrected chi connectivity index (χ0v) is 14.1. The minimum absolute atomic E-state index is 0.578. The lowest BCUT2D eigenvalue weighted by Gasteiger charge is -2.31. The Kier molecular flexibility index (Phi) is 4.85. The molecule has 23 heavy (non-hydrogen) atoms. The molecule has 1 aliphatic heterocycles. The molecule has 0 aromatic carbocycles. The van der Waals surface area contributed by atoms with E-state index in [4.69, 9.17) is 4.74 Å². The number of hydrogen-bond acceptors (Lipinski definition) is 6. The Morgan fingerprint density at radius 2 is 1.87 bits per heavy atom. The summed E-state index contributed by atoms with van der Waals surface area (Å²) in [4.78, 5) is 10.9. The molecule has 0 atom stereocenters. The van der Waals surface area contributed by atoms with Crippen LogP contribution in [-0.2, 0) is 13.6 Å². The third kappa shape index (κ3) is 3.85. The van der Waals surface area contributed by atoms with Gasteiger partial charge in [-0.25, -0.2) is 4.98 Å². The van der Waals surface area contributed by atoms with Crippen molar-refractivity contribution in [1.82, 2.24) is 29.6 Å². The number of rotatable bonds is 5. The molecule has 3 heterocycles. The Morgan fingerprint density at radius 1 is 1.13 bits per heavy atom. The van der Waals surface area contributed by atoms with Gasteiger partial charge in [-0.15, -0.1) is 10.2 Å². The van der Waals surface area contributed by atoms with Gasteiger partial charge in [-0.05, 0) is 45.7 Å². The van der Waals surface area contributed by atoms with Gasteiger partial charge >= 0.3 is 0 Å². The van der Waals surface area contributed by atoms with Crippen LogP contribution in [0.25, 0.3) is 0 Å². The van der Waals surface area contributed by atoms with Crippen molar-refractivity contribution in [3.05, 3.63) is 29.7 Å². The molecule has 0 unspecified atom stereocenters. The number of ether oxygens (including phenoxy) is 1. The van der Waals surface area contributed by atoms with E-state index >= 15 is 0 Å². The highest BCUT2D eigenvalue weighted by Crippen LogP contribution is 2.20. The highest BCUT2D eigenvalue weighted by molar-refractivity contribution is 5.14. The minimum atomic E-state index is 0.578. The third-order valence-corrected chi connectivity index (χ3v) is 4.55. The van der Waals surface area contributed by atoms with Crippen LogP contribution < -0.4 is 4.74 Å². The molecule has 1 fully saturated rings. The van der Waals surface area contributed by atoms with Crippen molar-refractivity contribution in [3.8, 4) is 5.88 Å². The van der Waals surface area contributed by atoms with Crippen LogP contribution in [0.1, 0.15) is 30.2 Å². The second-order valence-electron chi connectivity index (χ2n) is 6.20. The maximum absolute atomic E-state index is 5.83. The molecule has 3 rings (SSSR count). The number of nitrogens with zero attached hydrogens (tertiary/aromatic N) is 6. The zero-order chi connectivity index (χ0) is 16.2. The van der Waals surface area contributed by atoms with Crippen LogP contribution in [0.2, 0.25) is 0 Å². The summed E-state index contributed by atoms with van der Waals surface area (Å²) in [6.07, 6.45) is 5.63. The lowest BCUT2D eigenvalue weighted by molar-refractivity contribution is 0.131. The van der Waals surface area contributed by atoms with Crippen molar-refractivity contribution >= 4 is 0 Å². The first-order valence-corrected chi connectivity index (χ1v) is 8.11. The van der Waals surface area contributed by atoms with Crippen molar-refractivity contribution in [1.29, 1.82) is 0 Å². The number of hydrogen-bond donors (Lipinski definition) is 0. The molecule has 0 spiro atoms. The predicted octanol–water partition coefficient (Wildman–Crippen LogP) is 1.51. The Hall–Kier alpha value is -2.02. The van der Waals surface area contributed by atoms with Gasteiger partial charge in [-0.1, -0.05) is 0 Å². The molecule has 7 nitrogen and oxygen atoms in total. The first kappa shape index (κ1) is 15.9. The maximum atomic E-state index is 5.83. The summed E-state index contributed by atoms with van der Waals surface area (Å²) < 4.78 is 7.90. The van der Waals surface area contributed by atoms with E-state index in [9.17, 15) is 0 Å². The first-order chi connectivity index (χ1) is 11.1. The van der Waals surface area contributed by atoms with Crippen LogP contribution in [0.4, 0.5) is 0 Å². The average molecular weight is 316 g/mol. The smallest absolute Gasteiger partial charge is 0.235 e. The lowest BCUT2D eigenvalue weighted by atomic mass is 9.98. The van der Waals surface area contributed by atoms with E-state index < -0.39 is 0 Å². The van der Waals surface area contributed by atoms with Crippen molar-refractivity contribution in [3.63, 3.8) is 0 Å². The summed E-state index contributed by atoms with van der Waals surface area (Å²) >= 11 is 0. The Labute approximate surface area is 136 Å². The molecular weight excluding hydrogens is 292 g/mol. The van der Waals surface area contributed by atoms with E-state index in [0.29, 0.717) is 11.8 Å². The van der Waals surface area contributed by atoms with Crippen LogP contribution in [0.15, 0.2) is 12.4 Å². The molecule has 0 amide bonds. The molecular formula is C16H24N6O. The van der Waals surface area contributed by atoms with E-state index in [1.165, 1.54) is 0 Å². The van der Waals surface area contributed by atoms with Crippen molar-refractivity contribution in [2.24, 2.45) is 13.0 Å². The second kappa shape index (κ2) is 7.04. The predicted molar refractivity (Wildman–Crippen MR) is 86.0 cm³/mol. The lowest BCUT2D eigenvalue weighted by Crippen LogP contribution is -2.35. The van der Waals surface area contributed by atoms with Crippen molar-refractivity contribution in [2.75, 3.05) is 19.7 Å². The quantitative estimate of drug-likeness (QED) is 0.833. The van der Waals surface area contributed by atoms with Crippen LogP contribution in [-0.4, -0.2) is 49.3 Å². The average Bonchev–Trinajstić information content (AvgIpc) is 2.87. The number of aryl methyl sites for hydroxylation is 2. The van der Waals surface area contributed by atoms with E-state index in [0.717, 1.165) is 56.4 Å². The fourth-order valence-electron chi connectivity index (χ4n) is 2.83. The molecule has 2 aromatic rings. The normalized spacial score (nSPS) is 16.7. The van der Waals surface area contributed by atoms with Gasteiger partial charge in [0.05, 0.1) is 18.8 Å². The van der Waals surface area contributed by atoms with Crippen LogP contribution >= 0.6 is 0 Å². The van der Waals surface area contributed by atoms with Gasteiger partial charge in [-0.2, -0.15) is 0 Å². The Morgan fingerprint density at radius 3 is 2.52 bits per heavy atom. The standard InChI is InChI=1S/C16H24N6O/c1-12-16(18-7-6-17-12)23-11-14-4-8-22(9-5-14)10-15-20-19-13(2)21(15)3/h6-7,14H,4-5,8-11H2,1-3H3. The largest absolute Gasteiger partial charge is 0.476 e. The minimum Gasteiger partial charge on any atom is -0.476 e. The molecule has 0 aliphatic carbocycles. The summed E-state index contributed by atoms with van der Waals surface area (Å²) in [5.74, 6) is 3.23. The highest BCUT2D eigenvalue weighted by Gasteiger charge is 2.21. The topological polar surface area (TPSA) is 69.0 Å². The summed E-state index contributed by atoms with van der Waals surface area (Å²) in [7, 11) is 2.02. The van der Waals surface area contributed by atoms with Gasteiger partial charge in [-0.3, -0.25) is 9.88 Å². The molecule has 124 valence electrons. The summed E-state index contributed by atoms with van der Waals surface area (Å²) in [6.45, 7) is 7.63. The Bertz CT molecular complexity index is 648. The second-order valence-corrected chi connectivity index (χ2v) is 6.20. The molecule has 7 heteroatoms. The monoisotopic (exact) mass is 316 g/mol. The van der Waals surface area contributed by atoms with E-state index in [1.807, 2.05) is 20.9 Å². The highest BCUT2D eigenvalue weighted by atomic mass is 16.5. The molecule has 0 saturated carbocycles. The third-order valence-electron chi connectivity index (χ3n) is 4.55. The molecule has 1 saturated heterocycles. The number of likely N-dealkylation sites (tertiary alicyclic amines) is 1. The first-order valence-electron chi connectivity index (χ1n) is 8.11. The summed E-state index contributed by atoms with van der Waals surface area (Å²) in [5, 5.41) is 8.37. The van der Waals surface area contributed by atoms with Gasteiger partial charge in [0, 0.05) is 19.4 Å². The van der Waals surface area contributed by atoms with E-state index in [1.54, 1.807) is 12.4 Å². The van der Waals surface area contributed by atoms with Gasteiger partial charge < -0.3 is 9.30 Å². The molecule has 0 bridgehead atoms. The van der Waals surface area contributed by atoms with Crippen LogP contribution in [0, 0.1) is 19.8 Å². The van der Waals surface area contributed by atoms with Gasteiger partial charge in [0.25, 0.3) is 0 Å². The van der Waals surface area contributed by atoms with E-state index in [2.05, 4.69) is 29.6 Å². The van der Waals surface area contributed by atoms with Crippen LogP contribution in [0.3, 0.4) is 0 Å². The number of piperidine rings is 1.